The molecule has 1 saturated heterocycles. The third-order valence-electron chi connectivity index (χ3n) is 3.57. The van der Waals surface area contributed by atoms with E-state index < -0.39 is 0 Å². The monoisotopic (exact) mass is 305 g/mol. The Kier molecular flexibility index (Phi) is 4.43. The molecule has 0 radical (unpaired) electrons. The molecule has 0 unspecified atom stereocenters. The average molecular weight is 305 g/mol. The Hall–Kier alpha value is -2.28. The lowest BCUT2D eigenvalue weighted by Crippen LogP contribution is -2.14. The molecule has 2 heterocycles. The minimum absolute atomic E-state index is 0.193. The van der Waals surface area contributed by atoms with Gasteiger partial charge in [-0.15, -0.1) is 0 Å². The van der Waals surface area contributed by atoms with E-state index in [-0.39, 0.29) is 12.6 Å². The van der Waals surface area contributed by atoms with Crippen molar-refractivity contribution in [3.05, 3.63) is 29.9 Å². The molecule has 0 spiro atoms. The summed E-state index contributed by atoms with van der Waals surface area (Å²) in [6, 6.07) is 5.54. The lowest BCUT2D eigenvalue weighted by Gasteiger charge is -2.09. The third-order valence-corrected chi connectivity index (χ3v) is 3.57. The molecule has 0 amide bonds. The molecule has 1 aromatic heterocycles. The molecule has 118 valence electrons. The molecule has 0 saturated carbocycles. The van der Waals surface area contributed by atoms with Crippen molar-refractivity contribution in [1.82, 2.24) is 15.5 Å². The topological polar surface area (TPSA) is 78.6 Å². The smallest absolute Gasteiger partial charge is 0.264 e. The first kappa shape index (κ1) is 14.6. The molecule has 1 aliphatic heterocycles. The maximum atomic E-state index is 5.66. The molecule has 0 aliphatic carbocycles. The number of benzene rings is 1. The quantitative estimate of drug-likeness (QED) is 0.875. The summed E-state index contributed by atoms with van der Waals surface area (Å²) in [6.07, 6.45) is 2.17. The highest BCUT2D eigenvalue weighted by molar-refractivity contribution is 5.45. The summed E-state index contributed by atoms with van der Waals surface area (Å²) in [5.74, 6) is 3.07. The van der Waals surface area contributed by atoms with Crippen LogP contribution in [0.4, 0.5) is 0 Å². The van der Waals surface area contributed by atoms with Gasteiger partial charge in [-0.05, 0) is 31.5 Å². The zero-order chi connectivity index (χ0) is 15.4. The van der Waals surface area contributed by atoms with Gasteiger partial charge in [-0.3, -0.25) is 0 Å². The summed E-state index contributed by atoms with van der Waals surface area (Å²) < 4.78 is 21.3. The van der Waals surface area contributed by atoms with Crippen LogP contribution in [0, 0.1) is 0 Å². The predicted molar refractivity (Wildman–Crippen MR) is 78.2 cm³/mol. The predicted octanol–water partition coefficient (Wildman–Crippen LogP) is 2.09. The van der Waals surface area contributed by atoms with Gasteiger partial charge in [-0.25, -0.2) is 0 Å². The van der Waals surface area contributed by atoms with Gasteiger partial charge in [0.15, 0.2) is 23.9 Å². The number of nitrogens with zero attached hydrogens (tertiary/aromatic N) is 2. The van der Waals surface area contributed by atoms with Gasteiger partial charge in [0, 0.05) is 6.07 Å². The van der Waals surface area contributed by atoms with Crippen LogP contribution in [0.15, 0.2) is 22.7 Å². The maximum Gasteiger partial charge on any atom is 0.264 e. The molecule has 1 atom stereocenters. The fourth-order valence-corrected chi connectivity index (χ4v) is 2.42. The summed E-state index contributed by atoms with van der Waals surface area (Å²) in [6.45, 7) is 1.21. The molecular formula is C15H19N3O4. The Morgan fingerprint density at radius 1 is 1.27 bits per heavy atom. The van der Waals surface area contributed by atoms with Gasteiger partial charge in [0.2, 0.25) is 0 Å². The fraction of sp³-hybridized carbons (Fsp3) is 0.467. The van der Waals surface area contributed by atoms with Crippen LogP contribution in [0.3, 0.4) is 0 Å². The summed E-state index contributed by atoms with van der Waals surface area (Å²) in [4.78, 5) is 4.36. The molecule has 1 aliphatic rings. The van der Waals surface area contributed by atoms with Crippen LogP contribution < -0.4 is 19.5 Å². The van der Waals surface area contributed by atoms with E-state index >= 15 is 0 Å². The fourth-order valence-electron chi connectivity index (χ4n) is 2.42. The van der Waals surface area contributed by atoms with E-state index in [0.29, 0.717) is 29.0 Å². The molecule has 1 aromatic carbocycles. The van der Waals surface area contributed by atoms with E-state index in [0.717, 1.165) is 19.4 Å². The van der Waals surface area contributed by atoms with Crippen LogP contribution in [-0.2, 0) is 6.61 Å². The van der Waals surface area contributed by atoms with Crippen molar-refractivity contribution in [3.8, 4) is 17.2 Å². The van der Waals surface area contributed by atoms with Gasteiger partial charge >= 0.3 is 0 Å². The first-order valence-corrected chi connectivity index (χ1v) is 7.21. The number of rotatable bonds is 6. The molecule has 7 nitrogen and oxygen atoms in total. The standard InChI is InChI=1S/C15H19N3O4/c1-19-12-6-5-10(8-13(12)20-2)21-9-14-17-15(18-22-14)11-4-3-7-16-11/h5-6,8,11,16H,3-4,7,9H2,1-2H3/t11-/m0/s1. The number of hydrogen-bond acceptors (Lipinski definition) is 7. The van der Waals surface area contributed by atoms with E-state index in [2.05, 4.69) is 15.5 Å². The van der Waals surface area contributed by atoms with Crippen molar-refractivity contribution in [3.63, 3.8) is 0 Å². The second kappa shape index (κ2) is 6.65. The Labute approximate surface area is 128 Å². The number of hydrogen-bond donors (Lipinski definition) is 1. The molecular weight excluding hydrogens is 286 g/mol. The summed E-state index contributed by atoms with van der Waals surface area (Å²) in [5.41, 5.74) is 0. The van der Waals surface area contributed by atoms with E-state index in [1.807, 2.05) is 0 Å². The SMILES string of the molecule is COc1ccc(OCc2nc([C@@H]3CCCN3)no2)cc1OC. The normalized spacial score (nSPS) is 17.5. The minimum atomic E-state index is 0.193. The third kappa shape index (κ3) is 3.14. The Morgan fingerprint density at radius 2 is 2.14 bits per heavy atom. The van der Waals surface area contributed by atoms with Gasteiger partial charge in [-0.2, -0.15) is 4.98 Å². The second-order valence-corrected chi connectivity index (χ2v) is 5.00. The summed E-state index contributed by atoms with van der Waals surface area (Å²) in [7, 11) is 3.18. The molecule has 2 aromatic rings. The first-order valence-electron chi connectivity index (χ1n) is 7.21. The zero-order valence-electron chi connectivity index (χ0n) is 12.7. The van der Waals surface area contributed by atoms with Crippen LogP contribution in [0.2, 0.25) is 0 Å². The molecule has 1 fully saturated rings. The highest BCUT2D eigenvalue weighted by Crippen LogP contribution is 2.31. The zero-order valence-corrected chi connectivity index (χ0v) is 12.7. The van der Waals surface area contributed by atoms with Crippen LogP contribution in [0.1, 0.15) is 30.6 Å². The largest absolute Gasteiger partial charge is 0.493 e. The molecule has 3 rings (SSSR count). The van der Waals surface area contributed by atoms with E-state index in [9.17, 15) is 0 Å². The highest BCUT2D eigenvalue weighted by atomic mass is 16.5. The Morgan fingerprint density at radius 3 is 2.86 bits per heavy atom. The van der Waals surface area contributed by atoms with E-state index in [4.69, 9.17) is 18.7 Å². The number of ether oxygens (including phenoxy) is 3. The summed E-state index contributed by atoms with van der Waals surface area (Å²) >= 11 is 0. The van der Waals surface area contributed by atoms with Crippen molar-refractivity contribution in [2.75, 3.05) is 20.8 Å². The van der Waals surface area contributed by atoms with Crippen molar-refractivity contribution < 1.29 is 18.7 Å². The van der Waals surface area contributed by atoms with Crippen LogP contribution >= 0.6 is 0 Å². The van der Waals surface area contributed by atoms with E-state index in [1.165, 1.54) is 0 Å². The van der Waals surface area contributed by atoms with Gasteiger partial charge < -0.3 is 24.1 Å². The van der Waals surface area contributed by atoms with Crippen molar-refractivity contribution in [2.45, 2.75) is 25.5 Å². The van der Waals surface area contributed by atoms with Gasteiger partial charge in [0.05, 0.1) is 20.3 Å². The van der Waals surface area contributed by atoms with Crippen LogP contribution in [0.25, 0.3) is 0 Å². The van der Waals surface area contributed by atoms with Gasteiger partial charge in [-0.1, -0.05) is 5.16 Å². The molecule has 7 heteroatoms. The van der Waals surface area contributed by atoms with Crippen molar-refractivity contribution >= 4 is 0 Å². The van der Waals surface area contributed by atoms with E-state index in [1.54, 1.807) is 32.4 Å². The van der Waals surface area contributed by atoms with Crippen molar-refractivity contribution in [2.24, 2.45) is 0 Å². The van der Waals surface area contributed by atoms with Gasteiger partial charge in [0.1, 0.15) is 5.75 Å². The van der Waals surface area contributed by atoms with Gasteiger partial charge in [0.25, 0.3) is 5.89 Å². The van der Waals surface area contributed by atoms with Crippen LogP contribution in [-0.4, -0.2) is 30.9 Å². The maximum absolute atomic E-state index is 5.66. The lowest BCUT2D eigenvalue weighted by atomic mass is 10.2. The second-order valence-electron chi connectivity index (χ2n) is 5.00. The van der Waals surface area contributed by atoms with Crippen LogP contribution in [0.5, 0.6) is 17.2 Å². The summed E-state index contributed by atoms with van der Waals surface area (Å²) in [5, 5.41) is 7.33. The molecule has 1 N–H and O–H groups in total. The lowest BCUT2D eigenvalue weighted by molar-refractivity contribution is 0.240. The average Bonchev–Trinajstić information content (AvgIpc) is 3.23. The number of nitrogens with one attached hydrogen (secondary N) is 1. The Balaban J connectivity index is 1.62. The number of methoxy groups -OCH3 is 2. The minimum Gasteiger partial charge on any atom is -0.493 e. The molecule has 0 bridgehead atoms. The highest BCUT2D eigenvalue weighted by Gasteiger charge is 2.21. The first-order chi connectivity index (χ1) is 10.8. The van der Waals surface area contributed by atoms with Crippen molar-refractivity contribution in [1.29, 1.82) is 0 Å². The number of aromatic nitrogens is 2. The molecule has 22 heavy (non-hydrogen) atoms. The Bertz CT molecular complexity index is 623.